The van der Waals surface area contributed by atoms with E-state index in [1.165, 1.54) is 18.5 Å². The first-order chi connectivity index (χ1) is 14.6. The predicted octanol–water partition coefficient (Wildman–Crippen LogP) is 4.11. The Balaban J connectivity index is 1.61. The van der Waals surface area contributed by atoms with Gasteiger partial charge in [0.05, 0.1) is 16.9 Å². The Morgan fingerprint density at radius 2 is 2.07 bits per heavy atom. The molecule has 0 spiro atoms. The Morgan fingerprint density at radius 3 is 2.93 bits per heavy atom. The van der Waals surface area contributed by atoms with Crippen LogP contribution in [0.25, 0.3) is 22.0 Å². The van der Waals surface area contributed by atoms with Crippen molar-refractivity contribution in [1.82, 2.24) is 15.6 Å². The number of aromatic nitrogens is 1. The summed E-state index contributed by atoms with van der Waals surface area (Å²) in [5, 5.41) is 7.96. The summed E-state index contributed by atoms with van der Waals surface area (Å²) in [5.41, 5.74) is 3.23. The predicted molar refractivity (Wildman–Crippen MR) is 119 cm³/mol. The summed E-state index contributed by atoms with van der Waals surface area (Å²) >= 11 is 6.60. The van der Waals surface area contributed by atoms with Crippen molar-refractivity contribution >= 4 is 41.0 Å². The molecule has 0 saturated carbocycles. The van der Waals surface area contributed by atoms with Crippen LogP contribution in [0.1, 0.15) is 18.5 Å². The molecule has 2 aromatic carbocycles. The van der Waals surface area contributed by atoms with Gasteiger partial charge in [-0.1, -0.05) is 23.7 Å². The van der Waals surface area contributed by atoms with Gasteiger partial charge in [0.2, 0.25) is 0 Å². The van der Waals surface area contributed by atoms with E-state index in [0.29, 0.717) is 5.02 Å². The first-order valence-corrected chi connectivity index (χ1v) is 9.96. The summed E-state index contributed by atoms with van der Waals surface area (Å²) in [6.07, 6.45) is 4.60. The quantitative estimate of drug-likeness (QED) is 0.667. The van der Waals surface area contributed by atoms with Crippen LogP contribution in [0, 0.1) is 5.82 Å². The fourth-order valence-corrected chi connectivity index (χ4v) is 4.19. The van der Waals surface area contributed by atoms with E-state index in [0.717, 1.165) is 33.4 Å². The van der Waals surface area contributed by atoms with Crippen LogP contribution in [-0.4, -0.2) is 35.7 Å². The number of rotatable bonds is 4. The first-order valence-electron chi connectivity index (χ1n) is 9.58. The molecular weight excluding hydrogens is 403 g/mol. The highest BCUT2D eigenvalue weighted by Crippen LogP contribution is 2.38. The van der Waals surface area contributed by atoms with Crippen LogP contribution in [0.2, 0.25) is 5.02 Å². The maximum atomic E-state index is 14.1. The summed E-state index contributed by atoms with van der Waals surface area (Å²) in [7, 11) is 0. The minimum Gasteiger partial charge on any atom is -0.333 e. The third kappa shape index (κ3) is 3.26. The lowest BCUT2D eigenvalue weighted by Gasteiger charge is -2.27. The van der Waals surface area contributed by atoms with Gasteiger partial charge < -0.3 is 5.32 Å². The van der Waals surface area contributed by atoms with Crippen molar-refractivity contribution in [3.05, 3.63) is 65.1 Å². The zero-order valence-corrected chi connectivity index (χ0v) is 16.8. The van der Waals surface area contributed by atoms with E-state index >= 15 is 0 Å². The van der Waals surface area contributed by atoms with Crippen molar-refractivity contribution in [2.24, 2.45) is 15.0 Å². The van der Waals surface area contributed by atoms with Crippen molar-refractivity contribution in [3.8, 4) is 11.1 Å². The largest absolute Gasteiger partial charge is 0.333 e. The van der Waals surface area contributed by atoms with Crippen molar-refractivity contribution in [2.75, 3.05) is 0 Å². The van der Waals surface area contributed by atoms with Crippen LogP contribution in [0.5, 0.6) is 0 Å². The Kier molecular flexibility index (Phi) is 4.77. The van der Waals surface area contributed by atoms with Crippen LogP contribution in [-0.2, 0) is 0 Å². The van der Waals surface area contributed by atoms with Gasteiger partial charge in [-0.25, -0.2) is 9.38 Å². The van der Waals surface area contributed by atoms with Gasteiger partial charge in [0.1, 0.15) is 30.2 Å². The van der Waals surface area contributed by atoms with Crippen LogP contribution in [0.3, 0.4) is 0 Å². The number of benzene rings is 2. The van der Waals surface area contributed by atoms with Gasteiger partial charge in [-0.05, 0) is 48.4 Å². The molecule has 8 heteroatoms. The van der Waals surface area contributed by atoms with E-state index < -0.39 is 0 Å². The second kappa shape index (κ2) is 7.59. The molecule has 0 aliphatic carbocycles. The molecule has 0 radical (unpaired) electrons. The van der Waals surface area contributed by atoms with Crippen LogP contribution in [0.15, 0.2) is 63.6 Å². The Hall–Kier alpha value is -3.16. The summed E-state index contributed by atoms with van der Waals surface area (Å²) in [6, 6.07) is 11.8. The molecular formula is C22H18ClFN6. The Bertz CT molecular complexity index is 1220. The van der Waals surface area contributed by atoms with Gasteiger partial charge in [0.25, 0.3) is 0 Å². The van der Waals surface area contributed by atoms with Gasteiger partial charge in [0, 0.05) is 23.2 Å². The maximum Gasteiger partial charge on any atom is 0.145 e. The second-order valence-corrected chi connectivity index (χ2v) is 7.62. The molecule has 6 nitrogen and oxygen atoms in total. The Labute approximate surface area is 177 Å². The molecule has 5 rings (SSSR count). The third-order valence-corrected chi connectivity index (χ3v) is 5.64. The number of fused-ring (bicyclic) bond motifs is 2. The number of hydrogen-bond acceptors (Lipinski definition) is 6. The fourth-order valence-electron chi connectivity index (χ4n) is 3.92. The van der Waals surface area contributed by atoms with Crippen LogP contribution in [0.4, 0.5) is 4.39 Å². The molecule has 0 bridgehead atoms. The molecule has 2 N–H and O–H groups in total. The van der Waals surface area contributed by atoms with Gasteiger partial charge in [0.15, 0.2) is 0 Å². The number of hydrogen-bond donors (Lipinski definition) is 2. The zero-order chi connectivity index (χ0) is 20.7. The third-order valence-electron chi connectivity index (χ3n) is 5.32. The van der Waals surface area contributed by atoms with E-state index in [-0.39, 0.29) is 24.1 Å². The van der Waals surface area contributed by atoms with Crippen molar-refractivity contribution in [2.45, 2.75) is 25.2 Å². The van der Waals surface area contributed by atoms with Crippen molar-refractivity contribution < 1.29 is 4.39 Å². The van der Waals surface area contributed by atoms with Gasteiger partial charge in [-0.2, -0.15) is 0 Å². The molecule has 3 heterocycles. The number of amidine groups is 1. The zero-order valence-electron chi connectivity index (χ0n) is 16.1. The SMILES string of the molecule is CC(NC1N=CN=C2NC=NC21)c1cc(Cl)c2cccnc2c1-c1cccc(F)c1. The molecule has 3 unspecified atom stereocenters. The summed E-state index contributed by atoms with van der Waals surface area (Å²) < 4.78 is 14.1. The topological polar surface area (TPSA) is 74.0 Å². The lowest BCUT2D eigenvalue weighted by molar-refractivity contribution is 0.447. The van der Waals surface area contributed by atoms with Gasteiger partial charge in [-0.3, -0.25) is 20.3 Å². The first kappa shape index (κ1) is 18.8. The maximum absolute atomic E-state index is 14.1. The van der Waals surface area contributed by atoms with Crippen molar-refractivity contribution in [1.29, 1.82) is 0 Å². The highest BCUT2D eigenvalue weighted by molar-refractivity contribution is 6.36. The van der Waals surface area contributed by atoms with Crippen LogP contribution < -0.4 is 10.6 Å². The van der Waals surface area contributed by atoms with E-state index in [9.17, 15) is 4.39 Å². The average Bonchev–Trinajstić information content (AvgIpc) is 3.23. The average molecular weight is 421 g/mol. The monoisotopic (exact) mass is 420 g/mol. The molecule has 30 heavy (non-hydrogen) atoms. The smallest absolute Gasteiger partial charge is 0.145 e. The molecule has 2 aliphatic rings. The lowest BCUT2D eigenvalue weighted by atomic mass is 9.92. The number of nitrogens with zero attached hydrogens (tertiary/aromatic N) is 4. The highest BCUT2D eigenvalue weighted by atomic mass is 35.5. The minimum atomic E-state index is -0.304. The second-order valence-electron chi connectivity index (χ2n) is 7.21. The minimum absolute atomic E-state index is 0.163. The Morgan fingerprint density at radius 1 is 1.17 bits per heavy atom. The number of pyridine rings is 1. The van der Waals surface area contributed by atoms with Gasteiger partial charge in [-0.15, -0.1) is 0 Å². The lowest BCUT2D eigenvalue weighted by Crippen LogP contribution is -2.45. The van der Waals surface area contributed by atoms with Gasteiger partial charge >= 0.3 is 0 Å². The molecule has 0 amide bonds. The van der Waals surface area contributed by atoms with E-state index in [1.807, 2.05) is 31.2 Å². The molecule has 1 aromatic heterocycles. The van der Waals surface area contributed by atoms with E-state index in [2.05, 4.69) is 30.6 Å². The van der Waals surface area contributed by atoms with Crippen LogP contribution >= 0.6 is 11.6 Å². The number of aliphatic imine (C=N–C) groups is 3. The number of nitrogens with one attached hydrogen (secondary N) is 2. The molecule has 150 valence electrons. The normalized spacial score (nSPS) is 20.7. The molecule has 2 aliphatic heterocycles. The van der Waals surface area contributed by atoms with E-state index in [1.54, 1.807) is 18.6 Å². The summed E-state index contributed by atoms with van der Waals surface area (Å²) in [4.78, 5) is 17.7. The fraction of sp³-hybridized carbons (Fsp3) is 0.182. The number of halogens is 2. The molecule has 3 atom stereocenters. The standard InChI is InChI=1S/C22H18ClFN6/c1-12(30-22-20-21(27-10-26-20)28-11-29-22)16-9-17(23)15-6-3-7-25-19(15)18(16)13-4-2-5-14(24)8-13/h2-12,20,22,30H,1H3,(H,26,27,28,29). The summed E-state index contributed by atoms with van der Waals surface area (Å²) in [6.45, 7) is 2.02. The molecule has 0 saturated heterocycles. The van der Waals surface area contributed by atoms with Crippen molar-refractivity contribution in [3.63, 3.8) is 0 Å². The molecule has 3 aromatic rings. The molecule has 0 fully saturated rings. The summed E-state index contributed by atoms with van der Waals surface area (Å²) in [5.74, 6) is 0.459. The van der Waals surface area contributed by atoms with E-state index in [4.69, 9.17) is 11.6 Å². The highest BCUT2D eigenvalue weighted by Gasteiger charge is 2.32.